The molecule has 7 heteroatoms. The van der Waals surface area contributed by atoms with Crippen LogP contribution in [0.4, 0.5) is 0 Å². The molecule has 0 aliphatic carbocycles. The highest BCUT2D eigenvalue weighted by Crippen LogP contribution is 2.34. The van der Waals surface area contributed by atoms with Crippen LogP contribution in [-0.2, 0) is 11.1 Å². The van der Waals surface area contributed by atoms with Crippen LogP contribution in [0.25, 0.3) is 0 Å². The number of aryl methyl sites for hydroxylation is 1. The summed E-state index contributed by atoms with van der Waals surface area (Å²) in [5, 5.41) is 3.79. The first-order chi connectivity index (χ1) is 5.58. The van der Waals surface area contributed by atoms with Crippen molar-refractivity contribution < 1.29 is 14.4 Å². The molecular formula is C5H10N3O3P. The standard InChI is InChI=1S/C5H10N3O3P/c9-12(10,11)3-1-2-8-5-6-4-7-8/h4-5H,1-3H2,(H2,9,10,11). The maximum absolute atomic E-state index is 10.4. The van der Waals surface area contributed by atoms with Gasteiger partial charge in [0, 0.05) is 6.54 Å². The van der Waals surface area contributed by atoms with Gasteiger partial charge in [0.2, 0.25) is 0 Å². The summed E-state index contributed by atoms with van der Waals surface area (Å²) in [4.78, 5) is 20.7. The summed E-state index contributed by atoms with van der Waals surface area (Å²) in [7, 11) is -3.85. The van der Waals surface area contributed by atoms with Crippen LogP contribution in [0.15, 0.2) is 12.7 Å². The molecule has 0 bridgehead atoms. The average molecular weight is 191 g/mol. The topological polar surface area (TPSA) is 88.2 Å². The lowest BCUT2D eigenvalue weighted by atomic mass is 10.5. The van der Waals surface area contributed by atoms with E-state index in [1.54, 1.807) is 0 Å². The van der Waals surface area contributed by atoms with E-state index < -0.39 is 7.60 Å². The molecule has 68 valence electrons. The molecule has 6 nitrogen and oxygen atoms in total. The third-order valence-corrected chi connectivity index (χ3v) is 2.20. The van der Waals surface area contributed by atoms with Crippen molar-refractivity contribution in [2.45, 2.75) is 13.0 Å². The highest BCUT2D eigenvalue weighted by Gasteiger charge is 2.11. The number of rotatable bonds is 4. The van der Waals surface area contributed by atoms with E-state index in [4.69, 9.17) is 9.79 Å². The van der Waals surface area contributed by atoms with Crippen LogP contribution in [0.1, 0.15) is 6.42 Å². The molecule has 0 amide bonds. The fraction of sp³-hybridized carbons (Fsp3) is 0.600. The number of aromatic nitrogens is 3. The highest BCUT2D eigenvalue weighted by molar-refractivity contribution is 7.51. The second kappa shape index (κ2) is 3.80. The Bertz CT molecular complexity index is 267. The fourth-order valence-electron chi connectivity index (χ4n) is 0.787. The Labute approximate surface area is 69.4 Å². The van der Waals surface area contributed by atoms with E-state index in [1.807, 2.05) is 0 Å². The van der Waals surface area contributed by atoms with Gasteiger partial charge in [-0.05, 0) is 6.42 Å². The summed E-state index contributed by atoms with van der Waals surface area (Å²) >= 11 is 0. The Balaban J connectivity index is 2.24. The Morgan fingerprint density at radius 1 is 1.50 bits per heavy atom. The second-order valence-electron chi connectivity index (χ2n) is 2.40. The molecule has 0 aromatic carbocycles. The molecule has 0 radical (unpaired) electrons. The van der Waals surface area contributed by atoms with Crippen molar-refractivity contribution in [3.05, 3.63) is 12.7 Å². The van der Waals surface area contributed by atoms with E-state index >= 15 is 0 Å². The molecule has 1 heterocycles. The van der Waals surface area contributed by atoms with Crippen LogP contribution in [0, 0.1) is 0 Å². The van der Waals surface area contributed by atoms with Crippen molar-refractivity contribution in [3.63, 3.8) is 0 Å². The monoisotopic (exact) mass is 191 g/mol. The molecule has 0 unspecified atom stereocenters. The van der Waals surface area contributed by atoms with Gasteiger partial charge in [0.05, 0.1) is 6.16 Å². The van der Waals surface area contributed by atoms with E-state index in [0.717, 1.165) is 0 Å². The number of hydrogen-bond donors (Lipinski definition) is 2. The van der Waals surface area contributed by atoms with E-state index in [1.165, 1.54) is 17.3 Å². The first kappa shape index (κ1) is 9.38. The summed E-state index contributed by atoms with van der Waals surface area (Å²) in [6.07, 6.45) is 3.21. The molecule has 0 aliphatic heterocycles. The van der Waals surface area contributed by atoms with Gasteiger partial charge >= 0.3 is 7.60 Å². The lowest BCUT2D eigenvalue weighted by Crippen LogP contribution is -2.00. The lowest BCUT2D eigenvalue weighted by Gasteiger charge is -2.02. The predicted molar refractivity (Wildman–Crippen MR) is 41.6 cm³/mol. The summed E-state index contributed by atoms with van der Waals surface area (Å²) in [5.41, 5.74) is 0. The van der Waals surface area contributed by atoms with Gasteiger partial charge in [-0.3, -0.25) is 9.25 Å². The van der Waals surface area contributed by atoms with Gasteiger partial charge in [-0.1, -0.05) is 0 Å². The van der Waals surface area contributed by atoms with Crippen LogP contribution in [0.3, 0.4) is 0 Å². The summed E-state index contributed by atoms with van der Waals surface area (Å²) in [5.74, 6) is 0. The van der Waals surface area contributed by atoms with Crippen molar-refractivity contribution in [2.75, 3.05) is 6.16 Å². The zero-order valence-electron chi connectivity index (χ0n) is 6.37. The largest absolute Gasteiger partial charge is 0.325 e. The minimum Gasteiger partial charge on any atom is -0.324 e. The fourth-order valence-corrected chi connectivity index (χ4v) is 1.34. The van der Waals surface area contributed by atoms with Crippen molar-refractivity contribution in [1.29, 1.82) is 0 Å². The van der Waals surface area contributed by atoms with Crippen molar-refractivity contribution in [3.8, 4) is 0 Å². The summed E-state index contributed by atoms with van der Waals surface area (Å²) < 4.78 is 11.9. The maximum atomic E-state index is 10.4. The third kappa shape index (κ3) is 3.61. The minimum absolute atomic E-state index is 0.104. The van der Waals surface area contributed by atoms with Crippen molar-refractivity contribution in [1.82, 2.24) is 14.8 Å². The minimum atomic E-state index is -3.85. The quantitative estimate of drug-likeness (QED) is 0.646. The van der Waals surface area contributed by atoms with Gasteiger partial charge in [0.1, 0.15) is 12.7 Å². The summed E-state index contributed by atoms with van der Waals surface area (Å²) in [6.45, 7) is 0.491. The Kier molecular flexibility index (Phi) is 2.97. The molecule has 0 fully saturated rings. The molecule has 1 aromatic rings. The number of nitrogens with zero attached hydrogens (tertiary/aromatic N) is 3. The first-order valence-electron chi connectivity index (χ1n) is 3.45. The molecule has 0 saturated carbocycles. The molecule has 1 aromatic heterocycles. The van der Waals surface area contributed by atoms with Gasteiger partial charge < -0.3 is 9.79 Å². The zero-order chi connectivity index (χ0) is 9.03. The zero-order valence-corrected chi connectivity index (χ0v) is 7.26. The third-order valence-electron chi connectivity index (χ3n) is 1.30. The normalized spacial score (nSPS) is 11.8. The predicted octanol–water partition coefficient (Wildman–Crippen LogP) is -0.154. The number of hydrogen-bond acceptors (Lipinski definition) is 3. The summed E-state index contributed by atoms with van der Waals surface area (Å²) in [6, 6.07) is 0. The highest BCUT2D eigenvalue weighted by atomic mass is 31.2. The van der Waals surface area contributed by atoms with Gasteiger partial charge in [-0.2, -0.15) is 5.10 Å². The van der Waals surface area contributed by atoms with Gasteiger partial charge in [-0.15, -0.1) is 0 Å². The second-order valence-corrected chi connectivity index (χ2v) is 4.18. The van der Waals surface area contributed by atoms with Crippen LogP contribution in [-0.4, -0.2) is 30.7 Å². The first-order valence-corrected chi connectivity index (χ1v) is 5.25. The average Bonchev–Trinajstić information content (AvgIpc) is 2.36. The van der Waals surface area contributed by atoms with E-state index in [9.17, 15) is 4.57 Å². The van der Waals surface area contributed by atoms with E-state index in [-0.39, 0.29) is 6.16 Å². The van der Waals surface area contributed by atoms with Crippen LogP contribution < -0.4 is 0 Å². The van der Waals surface area contributed by atoms with E-state index in [2.05, 4.69) is 10.1 Å². The van der Waals surface area contributed by atoms with Gasteiger partial charge in [0.15, 0.2) is 0 Å². The molecule has 2 N–H and O–H groups in total. The Hall–Kier alpha value is -0.710. The van der Waals surface area contributed by atoms with Crippen LogP contribution in [0.2, 0.25) is 0 Å². The smallest absolute Gasteiger partial charge is 0.324 e. The molecular weight excluding hydrogens is 181 g/mol. The molecule has 1 rings (SSSR count). The lowest BCUT2D eigenvalue weighted by molar-refractivity contribution is 0.369. The van der Waals surface area contributed by atoms with Crippen LogP contribution in [0.5, 0.6) is 0 Å². The van der Waals surface area contributed by atoms with Gasteiger partial charge in [0.25, 0.3) is 0 Å². The van der Waals surface area contributed by atoms with Crippen LogP contribution >= 0.6 is 7.60 Å². The van der Waals surface area contributed by atoms with E-state index in [0.29, 0.717) is 13.0 Å². The molecule has 0 spiro atoms. The molecule has 0 saturated heterocycles. The molecule has 0 atom stereocenters. The SMILES string of the molecule is O=P(O)(O)CCCn1cncn1. The van der Waals surface area contributed by atoms with Crippen molar-refractivity contribution >= 4 is 7.60 Å². The Morgan fingerprint density at radius 3 is 2.75 bits per heavy atom. The maximum Gasteiger partial charge on any atom is 0.325 e. The van der Waals surface area contributed by atoms with Gasteiger partial charge in [-0.25, -0.2) is 4.98 Å². The van der Waals surface area contributed by atoms with Crippen molar-refractivity contribution in [2.24, 2.45) is 0 Å². The Morgan fingerprint density at radius 2 is 2.25 bits per heavy atom. The molecule has 12 heavy (non-hydrogen) atoms. The molecule has 0 aliphatic rings.